The van der Waals surface area contributed by atoms with Crippen LogP contribution in [0.15, 0.2) is 12.4 Å². The Labute approximate surface area is 84.2 Å². The van der Waals surface area contributed by atoms with Gasteiger partial charge < -0.3 is 10.6 Å². The van der Waals surface area contributed by atoms with Crippen LogP contribution in [0.1, 0.15) is 24.5 Å². The summed E-state index contributed by atoms with van der Waals surface area (Å²) in [6.07, 6.45) is 6.07. The maximum Gasteiger partial charge on any atom is 0.144 e. The Morgan fingerprint density at radius 3 is 3.14 bits per heavy atom. The van der Waals surface area contributed by atoms with Crippen molar-refractivity contribution in [1.82, 2.24) is 15.3 Å². The number of hydrogen-bond acceptors (Lipinski definition) is 4. The zero-order valence-electron chi connectivity index (χ0n) is 8.45. The first-order chi connectivity index (χ1) is 6.90. The molecule has 0 radical (unpaired) electrons. The molecular formula is C10H16N4. The van der Waals surface area contributed by atoms with Crippen LogP contribution in [0, 0.1) is 0 Å². The molecule has 2 rings (SSSR count). The predicted molar refractivity (Wildman–Crippen MR) is 56.4 cm³/mol. The van der Waals surface area contributed by atoms with E-state index in [0.717, 1.165) is 24.6 Å². The molecule has 2 N–H and O–H groups in total. The molecule has 1 atom stereocenters. The van der Waals surface area contributed by atoms with Crippen LogP contribution in [0.25, 0.3) is 0 Å². The van der Waals surface area contributed by atoms with E-state index < -0.39 is 0 Å². The molecule has 4 heteroatoms. The van der Waals surface area contributed by atoms with Gasteiger partial charge >= 0.3 is 0 Å². The molecule has 0 spiro atoms. The number of piperidine rings is 1. The average Bonchev–Trinajstić information content (AvgIpc) is 2.30. The third-order valence-electron chi connectivity index (χ3n) is 2.62. The van der Waals surface area contributed by atoms with Crippen LogP contribution in [0.2, 0.25) is 0 Å². The summed E-state index contributed by atoms with van der Waals surface area (Å²) in [7, 11) is 1.87. The highest BCUT2D eigenvalue weighted by molar-refractivity contribution is 5.31. The van der Waals surface area contributed by atoms with Gasteiger partial charge in [0.25, 0.3) is 0 Å². The minimum atomic E-state index is 0.532. The van der Waals surface area contributed by atoms with E-state index in [1.807, 2.05) is 13.2 Å². The molecular weight excluding hydrogens is 176 g/mol. The van der Waals surface area contributed by atoms with Gasteiger partial charge in [0.1, 0.15) is 5.82 Å². The van der Waals surface area contributed by atoms with Crippen molar-refractivity contribution in [2.24, 2.45) is 0 Å². The van der Waals surface area contributed by atoms with Crippen molar-refractivity contribution in [3.63, 3.8) is 0 Å². The van der Waals surface area contributed by atoms with Gasteiger partial charge in [-0.25, -0.2) is 4.98 Å². The summed E-state index contributed by atoms with van der Waals surface area (Å²) >= 11 is 0. The highest BCUT2D eigenvalue weighted by Gasteiger charge is 2.16. The SMILES string of the molecule is CNc1cncc(C2CCCNC2)n1. The number of anilines is 1. The summed E-state index contributed by atoms with van der Waals surface area (Å²) in [4.78, 5) is 8.68. The molecule has 76 valence electrons. The van der Waals surface area contributed by atoms with Crippen LogP contribution in [0.3, 0.4) is 0 Å². The van der Waals surface area contributed by atoms with E-state index in [0.29, 0.717) is 5.92 Å². The molecule has 1 saturated heterocycles. The van der Waals surface area contributed by atoms with E-state index in [4.69, 9.17) is 0 Å². The summed E-state index contributed by atoms with van der Waals surface area (Å²) in [6.45, 7) is 2.16. The highest BCUT2D eigenvalue weighted by Crippen LogP contribution is 2.21. The Kier molecular flexibility index (Phi) is 2.93. The van der Waals surface area contributed by atoms with Crippen molar-refractivity contribution in [2.45, 2.75) is 18.8 Å². The molecule has 1 unspecified atom stereocenters. The molecule has 1 aliphatic heterocycles. The zero-order valence-corrected chi connectivity index (χ0v) is 8.45. The normalized spacial score (nSPS) is 21.9. The molecule has 1 aromatic rings. The van der Waals surface area contributed by atoms with E-state index in [9.17, 15) is 0 Å². The number of aromatic nitrogens is 2. The number of nitrogens with zero attached hydrogens (tertiary/aromatic N) is 2. The third kappa shape index (κ3) is 2.01. The molecule has 0 aromatic carbocycles. The maximum absolute atomic E-state index is 4.50. The van der Waals surface area contributed by atoms with E-state index in [-0.39, 0.29) is 0 Å². The highest BCUT2D eigenvalue weighted by atomic mass is 15.0. The molecule has 2 heterocycles. The first kappa shape index (κ1) is 9.40. The second kappa shape index (κ2) is 4.37. The van der Waals surface area contributed by atoms with Gasteiger partial charge in [0.15, 0.2) is 0 Å². The van der Waals surface area contributed by atoms with Crippen LogP contribution in [0.5, 0.6) is 0 Å². The fourth-order valence-corrected chi connectivity index (χ4v) is 1.80. The summed E-state index contributed by atoms with van der Waals surface area (Å²) in [5, 5.41) is 6.40. The van der Waals surface area contributed by atoms with Crippen LogP contribution >= 0.6 is 0 Å². The largest absolute Gasteiger partial charge is 0.372 e. The smallest absolute Gasteiger partial charge is 0.144 e. The molecule has 0 bridgehead atoms. The van der Waals surface area contributed by atoms with Crippen LogP contribution < -0.4 is 10.6 Å². The van der Waals surface area contributed by atoms with Gasteiger partial charge in [-0.05, 0) is 19.4 Å². The zero-order chi connectivity index (χ0) is 9.80. The van der Waals surface area contributed by atoms with Crippen molar-refractivity contribution in [1.29, 1.82) is 0 Å². The lowest BCUT2D eigenvalue weighted by molar-refractivity contribution is 0.454. The van der Waals surface area contributed by atoms with E-state index in [1.165, 1.54) is 12.8 Å². The summed E-state index contributed by atoms with van der Waals surface area (Å²) in [5.74, 6) is 1.39. The second-order valence-corrected chi connectivity index (χ2v) is 3.62. The van der Waals surface area contributed by atoms with Gasteiger partial charge in [-0.15, -0.1) is 0 Å². The van der Waals surface area contributed by atoms with Gasteiger partial charge in [-0.1, -0.05) is 0 Å². The summed E-state index contributed by atoms with van der Waals surface area (Å²) < 4.78 is 0. The minimum Gasteiger partial charge on any atom is -0.372 e. The Bertz CT molecular complexity index is 294. The van der Waals surface area contributed by atoms with Gasteiger partial charge in [0.2, 0.25) is 0 Å². The van der Waals surface area contributed by atoms with Crippen molar-refractivity contribution in [2.75, 3.05) is 25.5 Å². The lowest BCUT2D eigenvalue weighted by atomic mass is 9.97. The minimum absolute atomic E-state index is 0.532. The molecule has 4 nitrogen and oxygen atoms in total. The molecule has 14 heavy (non-hydrogen) atoms. The quantitative estimate of drug-likeness (QED) is 0.733. The number of hydrogen-bond donors (Lipinski definition) is 2. The first-order valence-electron chi connectivity index (χ1n) is 5.10. The standard InChI is InChI=1S/C10H16N4/c1-11-10-7-13-6-9(14-10)8-3-2-4-12-5-8/h6-8,12H,2-5H2,1H3,(H,11,14). The Hall–Kier alpha value is -1.16. The first-order valence-corrected chi connectivity index (χ1v) is 5.10. The van der Waals surface area contributed by atoms with E-state index in [1.54, 1.807) is 6.20 Å². The van der Waals surface area contributed by atoms with Crippen molar-refractivity contribution in [3.05, 3.63) is 18.1 Å². The van der Waals surface area contributed by atoms with Crippen molar-refractivity contribution >= 4 is 5.82 Å². The van der Waals surface area contributed by atoms with Gasteiger partial charge in [0.05, 0.1) is 11.9 Å². The Morgan fingerprint density at radius 1 is 1.50 bits per heavy atom. The van der Waals surface area contributed by atoms with E-state index >= 15 is 0 Å². The van der Waals surface area contributed by atoms with Crippen LogP contribution in [-0.2, 0) is 0 Å². The van der Waals surface area contributed by atoms with Gasteiger partial charge in [0, 0.05) is 25.7 Å². The Balaban J connectivity index is 2.13. The fourth-order valence-electron chi connectivity index (χ4n) is 1.80. The van der Waals surface area contributed by atoms with Gasteiger partial charge in [-0.2, -0.15) is 0 Å². The lowest BCUT2D eigenvalue weighted by Gasteiger charge is -2.22. The monoisotopic (exact) mass is 192 g/mol. The maximum atomic E-state index is 4.50. The number of rotatable bonds is 2. The molecule has 1 aromatic heterocycles. The number of nitrogens with one attached hydrogen (secondary N) is 2. The average molecular weight is 192 g/mol. The molecule has 1 aliphatic rings. The molecule has 0 saturated carbocycles. The lowest BCUT2D eigenvalue weighted by Crippen LogP contribution is -2.29. The van der Waals surface area contributed by atoms with Crippen LogP contribution in [0.4, 0.5) is 5.82 Å². The fraction of sp³-hybridized carbons (Fsp3) is 0.600. The summed E-state index contributed by atoms with van der Waals surface area (Å²) in [5.41, 5.74) is 1.10. The van der Waals surface area contributed by atoms with Crippen LogP contribution in [-0.4, -0.2) is 30.1 Å². The van der Waals surface area contributed by atoms with Gasteiger partial charge in [-0.3, -0.25) is 4.98 Å². The Morgan fingerprint density at radius 2 is 2.43 bits per heavy atom. The molecule has 0 amide bonds. The van der Waals surface area contributed by atoms with E-state index in [2.05, 4.69) is 20.6 Å². The summed E-state index contributed by atoms with van der Waals surface area (Å²) in [6, 6.07) is 0. The predicted octanol–water partition coefficient (Wildman–Crippen LogP) is 0.985. The second-order valence-electron chi connectivity index (χ2n) is 3.62. The van der Waals surface area contributed by atoms with Crippen molar-refractivity contribution < 1.29 is 0 Å². The van der Waals surface area contributed by atoms with Crippen molar-refractivity contribution in [3.8, 4) is 0 Å². The third-order valence-corrected chi connectivity index (χ3v) is 2.62. The topological polar surface area (TPSA) is 49.8 Å². The molecule has 1 fully saturated rings. The molecule has 0 aliphatic carbocycles.